The highest BCUT2D eigenvalue weighted by molar-refractivity contribution is 9.10. The number of ether oxygens (including phenoxy) is 2. The minimum atomic E-state index is -0.615. The Labute approximate surface area is 204 Å². The number of hydrogen-bond donors (Lipinski definition) is 1. The maximum absolute atomic E-state index is 12.6. The number of hydrogen-bond acceptors (Lipinski definition) is 4. The predicted molar refractivity (Wildman–Crippen MR) is 130 cm³/mol. The Bertz CT molecular complexity index is 1210. The van der Waals surface area contributed by atoms with Gasteiger partial charge in [-0.3, -0.25) is 4.79 Å². The number of nitriles is 1. The summed E-state index contributed by atoms with van der Waals surface area (Å²) in [6, 6.07) is 19.7. The number of nitrogens with zero attached hydrogens (tertiary/aromatic N) is 1. The fraction of sp³-hybridized carbons (Fsp3) is 0.0833. The molecule has 3 aromatic carbocycles. The lowest BCUT2D eigenvalue weighted by Gasteiger charge is -2.14. The summed E-state index contributed by atoms with van der Waals surface area (Å²) in [6.07, 6.45) is 1.45. The first-order valence-corrected chi connectivity index (χ1v) is 10.9. The van der Waals surface area contributed by atoms with Crippen molar-refractivity contribution in [2.24, 2.45) is 0 Å². The Kier molecular flexibility index (Phi) is 8.18. The lowest BCUT2D eigenvalue weighted by atomic mass is 10.1. The SMILES string of the molecule is COc1cc(/C=C(/C#N)C(=O)Nc2cc(Cl)ccc2Cl)cc(Br)c1OCc1ccccc1. The number of anilines is 1. The molecule has 0 saturated carbocycles. The molecular weight excluding hydrogens is 515 g/mol. The second kappa shape index (κ2) is 11.1. The molecule has 5 nitrogen and oxygen atoms in total. The summed E-state index contributed by atoms with van der Waals surface area (Å²) in [5.74, 6) is 0.357. The molecule has 0 aliphatic heterocycles. The number of carbonyl (C=O) groups is 1. The number of amides is 1. The van der Waals surface area contributed by atoms with Gasteiger partial charge >= 0.3 is 0 Å². The summed E-state index contributed by atoms with van der Waals surface area (Å²) in [5, 5.41) is 12.8. The van der Waals surface area contributed by atoms with Crippen molar-refractivity contribution in [1.82, 2.24) is 0 Å². The van der Waals surface area contributed by atoms with Crippen LogP contribution in [0.5, 0.6) is 11.5 Å². The first-order chi connectivity index (χ1) is 15.4. The highest BCUT2D eigenvalue weighted by Crippen LogP contribution is 2.38. The van der Waals surface area contributed by atoms with Gasteiger partial charge in [0, 0.05) is 5.02 Å². The van der Waals surface area contributed by atoms with Gasteiger partial charge in [0.05, 0.1) is 22.3 Å². The number of nitrogens with one attached hydrogen (secondary N) is 1. The minimum Gasteiger partial charge on any atom is -0.493 e. The van der Waals surface area contributed by atoms with Gasteiger partial charge in [-0.25, -0.2) is 0 Å². The molecule has 1 N–H and O–H groups in total. The van der Waals surface area contributed by atoms with E-state index in [9.17, 15) is 10.1 Å². The standard InChI is InChI=1S/C24H17BrCl2N2O3/c1-31-22-11-16(10-19(25)23(22)32-14-15-5-3-2-4-6-15)9-17(13-28)24(30)29-21-12-18(26)7-8-20(21)27/h2-12H,14H2,1H3,(H,29,30)/b17-9-. The number of methoxy groups -OCH3 is 1. The second-order valence-electron chi connectivity index (χ2n) is 6.56. The minimum absolute atomic E-state index is 0.118. The van der Waals surface area contributed by atoms with Crippen LogP contribution < -0.4 is 14.8 Å². The Morgan fingerprint density at radius 2 is 1.91 bits per heavy atom. The van der Waals surface area contributed by atoms with Crippen LogP contribution in [-0.2, 0) is 11.4 Å². The van der Waals surface area contributed by atoms with E-state index in [0.717, 1.165) is 5.56 Å². The molecule has 162 valence electrons. The summed E-state index contributed by atoms with van der Waals surface area (Å²) >= 11 is 15.5. The molecule has 8 heteroatoms. The smallest absolute Gasteiger partial charge is 0.266 e. The third-order valence-electron chi connectivity index (χ3n) is 4.33. The molecule has 1 amide bonds. The van der Waals surface area contributed by atoms with Crippen molar-refractivity contribution in [3.05, 3.63) is 91.9 Å². The van der Waals surface area contributed by atoms with Crippen LogP contribution in [0.3, 0.4) is 0 Å². The monoisotopic (exact) mass is 530 g/mol. The van der Waals surface area contributed by atoms with E-state index in [4.69, 9.17) is 32.7 Å². The van der Waals surface area contributed by atoms with Gasteiger partial charge in [0.2, 0.25) is 0 Å². The molecule has 3 rings (SSSR count). The van der Waals surface area contributed by atoms with Gasteiger partial charge in [-0.1, -0.05) is 53.5 Å². The zero-order valence-electron chi connectivity index (χ0n) is 16.9. The van der Waals surface area contributed by atoms with Gasteiger partial charge in [0.1, 0.15) is 18.2 Å². The molecular formula is C24H17BrCl2N2O3. The largest absolute Gasteiger partial charge is 0.493 e. The molecule has 0 aliphatic rings. The Hall–Kier alpha value is -2.98. The van der Waals surface area contributed by atoms with Crippen LogP contribution in [0.25, 0.3) is 6.08 Å². The van der Waals surface area contributed by atoms with Crippen molar-refractivity contribution in [2.45, 2.75) is 6.61 Å². The Balaban J connectivity index is 1.84. The van der Waals surface area contributed by atoms with Gasteiger partial charge in [-0.2, -0.15) is 5.26 Å². The van der Waals surface area contributed by atoms with Crippen LogP contribution in [0, 0.1) is 11.3 Å². The molecule has 0 unspecified atom stereocenters. The van der Waals surface area contributed by atoms with Crippen LogP contribution in [0.15, 0.2) is 70.7 Å². The molecule has 3 aromatic rings. The molecule has 0 bridgehead atoms. The maximum Gasteiger partial charge on any atom is 0.266 e. The highest BCUT2D eigenvalue weighted by Gasteiger charge is 2.15. The van der Waals surface area contributed by atoms with E-state index < -0.39 is 5.91 Å². The van der Waals surface area contributed by atoms with Crippen molar-refractivity contribution in [2.75, 3.05) is 12.4 Å². The molecule has 32 heavy (non-hydrogen) atoms. The quantitative estimate of drug-likeness (QED) is 0.266. The van der Waals surface area contributed by atoms with Gasteiger partial charge in [-0.15, -0.1) is 0 Å². The van der Waals surface area contributed by atoms with Crippen molar-refractivity contribution >= 4 is 56.8 Å². The van der Waals surface area contributed by atoms with Crippen molar-refractivity contribution in [3.8, 4) is 17.6 Å². The van der Waals surface area contributed by atoms with E-state index in [-0.39, 0.29) is 5.57 Å². The summed E-state index contributed by atoms with van der Waals surface area (Å²) in [5.41, 5.74) is 1.78. The van der Waals surface area contributed by atoms with Crippen LogP contribution in [0.4, 0.5) is 5.69 Å². The first-order valence-electron chi connectivity index (χ1n) is 9.33. The third kappa shape index (κ3) is 6.04. The third-order valence-corrected chi connectivity index (χ3v) is 5.48. The molecule has 0 aromatic heterocycles. The average molecular weight is 532 g/mol. The van der Waals surface area contributed by atoms with E-state index in [2.05, 4.69) is 21.2 Å². The van der Waals surface area contributed by atoms with Crippen molar-refractivity contribution < 1.29 is 14.3 Å². The second-order valence-corrected chi connectivity index (χ2v) is 8.25. The summed E-state index contributed by atoms with van der Waals surface area (Å²) in [7, 11) is 1.52. The number of benzene rings is 3. The lowest BCUT2D eigenvalue weighted by molar-refractivity contribution is -0.112. The molecule has 0 radical (unpaired) electrons. The zero-order valence-corrected chi connectivity index (χ0v) is 20.0. The van der Waals surface area contributed by atoms with E-state index in [1.807, 2.05) is 36.4 Å². The van der Waals surface area contributed by atoms with Gasteiger partial charge in [-0.05, 0) is 63.5 Å². The Morgan fingerprint density at radius 1 is 1.16 bits per heavy atom. The van der Waals surface area contributed by atoms with Gasteiger partial charge in [0.15, 0.2) is 11.5 Å². The van der Waals surface area contributed by atoms with Crippen LogP contribution in [0.2, 0.25) is 10.0 Å². The molecule has 0 fully saturated rings. The average Bonchev–Trinajstić information content (AvgIpc) is 2.79. The molecule has 0 aliphatic carbocycles. The Morgan fingerprint density at radius 3 is 2.59 bits per heavy atom. The van der Waals surface area contributed by atoms with E-state index in [1.54, 1.807) is 24.3 Å². The predicted octanol–water partition coefficient (Wildman–Crippen LogP) is 6.89. The first kappa shape index (κ1) is 23.7. The normalized spacial score (nSPS) is 10.9. The van der Waals surface area contributed by atoms with Crippen LogP contribution in [-0.4, -0.2) is 13.0 Å². The number of carbonyl (C=O) groups excluding carboxylic acids is 1. The highest BCUT2D eigenvalue weighted by atomic mass is 79.9. The van der Waals surface area contributed by atoms with Crippen LogP contribution in [0.1, 0.15) is 11.1 Å². The summed E-state index contributed by atoms with van der Waals surface area (Å²) < 4.78 is 12.0. The number of rotatable bonds is 7. The van der Waals surface area contributed by atoms with Crippen molar-refractivity contribution in [1.29, 1.82) is 5.26 Å². The van der Waals surface area contributed by atoms with Crippen LogP contribution >= 0.6 is 39.1 Å². The van der Waals surface area contributed by atoms with E-state index >= 15 is 0 Å². The molecule has 0 heterocycles. The van der Waals surface area contributed by atoms with Gasteiger partial charge in [0.25, 0.3) is 5.91 Å². The molecule has 0 saturated heterocycles. The maximum atomic E-state index is 12.6. The van der Waals surface area contributed by atoms with E-state index in [0.29, 0.717) is 43.9 Å². The lowest BCUT2D eigenvalue weighted by Crippen LogP contribution is -2.13. The summed E-state index contributed by atoms with van der Waals surface area (Å²) in [4.78, 5) is 12.6. The van der Waals surface area contributed by atoms with Gasteiger partial charge < -0.3 is 14.8 Å². The topological polar surface area (TPSA) is 71.3 Å². The fourth-order valence-electron chi connectivity index (χ4n) is 2.79. The zero-order chi connectivity index (χ0) is 23.1. The summed E-state index contributed by atoms with van der Waals surface area (Å²) in [6.45, 7) is 0.358. The number of halogens is 3. The molecule has 0 atom stereocenters. The van der Waals surface area contributed by atoms with Crippen molar-refractivity contribution in [3.63, 3.8) is 0 Å². The fourth-order valence-corrected chi connectivity index (χ4v) is 3.70. The van der Waals surface area contributed by atoms with E-state index in [1.165, 1.54) is 19.3 Å². The molecule has 0 spiro atoms.